The summed E-state index contributed by atoms with van der Waals surface area (Å²) < 4.78 is 2.70. The topological polar surface area (TPSA) is 38.1 Å². The summed E-state index contributed by atoms with van der Waals surface area (Å²) in [5.74, 6) is 1.51. The van der Waals surface area contributed by atoms with Gasteiger partial charge in [-0.25, -0.2) is 4.98 Å². The Balaban J connectivity index is 1.90. The summed E-state index contributed by atoms with van der Waals surface area (Å²) in [5, 5.41) is 0.642. The van der Waals surface area contributed by atoms with Gasteiger partial charge < -0.3 is 0 Å². The Hall–Kier alpha value is -1.98. The molecule has 0 amide bonds. The number of likely N-dealkylation sites (tertiary alicyclic amines) is 1. The van der Waals surface area contributed by atoms with Crippen LogP contribution in [-0.2, 0) is 6.54 Å². The van der Waals surface area contributed by atoms with Crippen LogP contribution in [0.2, 0.25) is 0 Å². The molecular weight excluding hydrogens is 402 g/mol. The van der Waals surface area contributed by atoms with Crippen LogP contribution in [0.5, 0.6) is 0 Å². The average molecular weight is 426 g/mol. The summed E-state index contributed by atoms with van der Waals surface area (Å²) in [5.41, 5.74) is 2.74. The van der Waals surface area contributed by atoms with E-state index in [0.29, 0.717) is 17.8 Å². The van der Waals surface area contributed by atoms with Gasteiger partial charge in [-0.05, 0) is 62.1 Å². The number of nitrogens with zero attached hydrogens (tertiary/aromatic N) is 3. The average Bonchev–Trinajstić information content (AvgIpc) is 2.64. The van der Waals surface area contributed by atoms with Gasteiger partial charge in [-0.15, -0.1) is 0 Å². The van der Waals surface area contributed by atoms with Crippen molar-refractivity contribution in [3.05, 3.63) is 68.7 Å². The van der Waals surface area contributed by atoms with E-state index < -0.39 is 0 Å². The second-order valence-electron chi connectivity index (χ2n) is 7.60. The van der Waals surface area contributed by atoms with Crippen molar-refractivity contribution >= 4 is 26.8 Å². The fraction of sp³-hybridized carbons (Fsp3) is 0.364. The van der Waals surface area contributed by atoms with Gasteiger partial charge in [-0.1, -0.05) is 41.1 Å². The zero-order valence-electron chi connectivity index (χ0n) is 15.8. The highest BCUT2D eigenvalue weighted by atomic mass is 79.9. The maximum Gasteiger partial charge on any atom is 0.266 e. The molecule has 1 fully saturated rings. The number of benzene rings is 2. The van der Waals surface area contributed by atoms with Crippen LogP contribution in [0.4, 0.5) is 0 Å². The van der Waals surface area contributed by atoms with Crippen molar-refractivity contribution in [2.75, 3.05) is 13.1 Å². The summed E-state index contributed by atoms with van der Waals surface area (Å²) in [6, 6.07) is 13.8. The molecule has 1 aliphatic heterocycles. The zero-order chi connectivity index (χ0) is 19.0. The monoisotopic (exact) mass is 425 g/mol. The van der Waals surface area contributed by atoms with Crippen molar-refractivity contribution in [2.24, 2.45) is 5.92 Å². The van der Waals surface area contributed by atoms with Gasteiger partial charge in [0.25, 0.3) is 5.56 Å². The van der Waals surface area contributed by atoms with Gasteiger partial charge >= 0.3 is 0 Å². The van der Waals surface area contributed by atoms with Gasteiger partial charge in [0, 0.05) is 11.0 Å². The number of halogens is 1. The molecule has 5 heteroatoms. The van der Waals surface area contributed by atoms with Crippen LogP contribution in [0.15, 0.2) is 51.7 Å². The zero-order valence-corrected chi connectivity index (χ0v) is 17.4. The molecule has 4 nitrogen and oxygen atoms in total. The van der Waals surface area contributed by atoms with E-state index in [0.717, 1.165) is 40.2 Å². The summed E-state index contributed by atoms with van der Waals surface area (Å²) in [7, 11) is 0. The molecular formula is C22H24BrN3O. The minimum Gasteiger partial charge on any atom is -0.296 e. The summed E-state index contributed by atoms with van der Waals surface area (Å²) in [6.45, 7) is 7.15. The highest BCUT2D eigenvalue weighted by Crippen LogP contribution is 2.22. The van der Waals surface area contributed by atoms with Crippen molar-refractivity contribution in [1.29, 1.82) is 0 Å². The van der Waals surface area contributed by atoms with E-state index in [1.54, 1.807) is 0 Å². The molecule has 1 unspecified atom stereocenters. The Kier molecular flexibility index (Phi) is 5.15. The molecule has 27 heavy (non-hydrogen) atoms. The van der Waals surface area contributed by atoms with Crippen molar-refractivity contribution < 1.29 is 0 Å². The van der Waals surface area contributed by atoms with Crippen LogP contribution in [-0.4, -0.2) is 27.5 Å². The SMILES string of the molecule is Cc1ccccc1-n1c(CN2CCCC(C)C2)nc2ccc(Br)cc2c1=O. The van der Waals surface area contributed by atoms with E-state index in [2.05, 4.69) is 27.8 Å². The van der Waals surface area contributed by atoms with E-state index in [1.807, 2.05) is 54.0 Å². The fourth-order valence-electron chi connectivity index (χ4n) is 4.00. The molecule has 1 saturated heterocycles. The maximum absolute atomic E-state index is 13.4. The van der Waals surface area contributed by atoms with Gasteiger partial charge in [0.2, 0.25) is 0 Å². The highest BCUT2D eigenvalue weighted by molar-refractivity contribution is 9.10. The Morgan fingerprint density at radius 1 is 1.22 bits per heavy atom. The van der Waals surface area contributed by atoms with Crippen molar-refractivity contribution in [3.8, 4) is 5.69 Å². The van der Waals surface area contributed by atoms with E-state index in [9.17, 15) is 4.79 Å². The highest BCUT2D eigenvalue weighted by Gasteiger charge is 2.20. The minimum atomic E-state index is -0.00402. The number of aromatic nitrogens is 2. The van der Waals surface area contributed by atoms with Crippen molar-refractivity contribution in [2.45, 2.75) is 33.2 Å². The number of rotatable bonds is 3. The number of hydrogen-bond donors (Lipinski definition) is 0. The lowest BCUT2D eigenvalue weighted by molar-refractivity contribution is 0.171. The number of fused-ring (bicyclic) bond motifs is 1. The lowest BCUT2D eigenvalue weighted by Crippen LogP contribution is -2.36. The Morgan fingerprint density at radius 2 is 2.04 bits per heavy atom. The Labute approximate surface area is 168 Å². The first kappa shape index (κ1) is 18.4. The van der Waals surface area contributed by atoms with E-state index in [4.69, 9.17) is 4.98 Å². The molecule has 3 aromatic rings. The molecule has 1 aliphatic rings. The second kappa shape index (κ2) is 7.56. The fourth-order valence-corrected chi connectivity index (χ4v) is 4.36. The third-order valence-electron chi connectivity index (χ3n) is 5.36. The summed E-state index contributed by atoms with van der Waals surface area (Å²) in [4.78, 5) is 20.8. The molecule has 2 heterocycles. The van der Waals surface area contributed by atoms with Crippen LogP contribution >= 0.6 is 15.9 Å². The lowest BCUT2D eigenvalue weighted by Gasteiger charge is -2.31. The van der Waals surface area contributed by atoms with Crippen LogP contribution in [0.25, 0.3) is 16.6 Å². The molecule has 0 spiro atoms. The van der Waals surface area contributed by atoms with Crippen LogP contribution in [0.1, 0.15) is 31.2 Å². The number of hydrogen-bond acceptors (Lipinski definition) is 3. The summed E-state index contributed by atoms with van der Waals surface area (Å²) in [6.07, 6.45) is 2.48. The molecule has 0 radical (unpaired) electrons. The molecule has 140 valence electrons. The van der Waals surface area contributed by atoms with Crippen molar-refractivity contribution in [3.63, 3.8) is 0 Å². The van der Waals surface area contributed by atoms with Gasteiger partial charge in [0.1, 0.15) is 5.82 Å². The van der Waals surface area contributed by atoms with Crippen LogP contribution in [0, 0.1) is 12.8 Å². The predicted molar refractivity (Wildman–Crippen MR) is 113 cm³/mol. The molecule has 4 rings (SSSR count). The van der Waals surface area contributed by atoms with Crippen molar-refractivity contribution in [1.82, 2.24) is 14.5 Å². The quantitative estimate of drug-likeness (QED) is 0.610. The van der Waals surface area contributed by atoms with Gasteiger partial charge in [0.15, 0.2) is 0 Å². The summed E-state index contributed by atoms with van der Waals surface area (Å²) >= 11 is 3.48. The predicted octanol–water partition coefficient (Wildman–Crippen LogP) is 4.69. The van der Waals surface area contributed by atoms with Gasteiger partial charge in [0.05, 0.1) is 23.1 Å². The molecule has 0 aliphatic carbocycles. The molecule has 1 atom stereocenters. The molecule has 0 N–H and O–H groups in total. The smallest absolute Gasteiger partial charge is 0.266 e. The third-order valence-corrected chi connectivity index (χ3v) is 5.86. The first-order valence-electron chi connectivity index (χ1n) is 9.52. The largest absolute Gasteiger partial charge is 0.296 e. The van der Waals surface area contributed by atoms with Crippen LogP contribution < -0.4 is 5.56 Å². The number of piperidine rings is 1. The van der Waals surface area contributed by atoms with E-state index in [-0.39, 0.29) is 5.56 Å². The molecule has 0 saturated carbocycles. The number of aryl methyl sites for hydroxylation is 1. The first-order valence-corrected chi connectivity index (χ1v) is 10.3. The second-order valence-corrected chi connectivity index (χ2v) is 8.51. The Morgan fingerprint density at radius 3 is 2.81 bits per heavy atom. The lowest BCUT2D eigenvalue weighted by atomic mass is 10.0. The van der Waals surface area contributed by atoms with Crippen LogP contribution in [0.3, 0.4) is 0 Å². The standard InChI is InChI=1S/C22H24BrN3O/c1-15-6-5-11-25(13-15)14-21-24-19-10-9-17(23)12-18(19)22(27)26(21)20-8-4-3-7-16(20)2/h3-4,7-10,12,15H,5-6,11,13-14H2,1-2H3. The van der Waals surface area contributed by atoms with E-state index >= 15 is 0 Å². The Bertz CT molecular complexity index is 1040. The molecule has 2 aromatic carbocycles. The first-order chi connectivity index (χ1) is 13.0. The van der Waals surface area contributed by atoms with Gasteiger partial charge in [-0.2, -0.15) is 0 Å². The number of para-hydroxylation sites is 1. The van der Waals surface area contributed by atoms with Gasteiger partial charge in [-0.3, -0.25) is 14.3 Å². The molecule has 0 bridgehead atoms. The van der Waals surface area contributed by atoms with E-state index in [1.165, 1.54) is 12.8 Å². The molecule has 1 aromatic heterocycles. The maximum atomic E-state index is 13.4. The normalized spacial score (nSPS) is 18.1. The minimum absolute atomic E-state index is 0.00402. The third kappa shape index (κ3) is 3.71.